The lowest BCUT2D eigenvalue weighted by atomic mass is 9.95. The Labute approximate surface area is 256 Å². The average Bonchev–Trinajstić information content (AvgIpc) is 3.05. The normalized spacial score (nSPS) is 15.7. The minimum Gasteiger partial charge on any atom is -0.493 e. The number of hydrogen-bond acceptors (Lipinski definition) is 9. The molecule has 0 atom stereocenters. The first kappa shape index (κ1) is 29.1. The Morgan fingerprint density at radius 2 is 1.73 bits per heavy atom. The van der Waals surface area contributed by atoms with Crippen LogP contribution in [0.5, 0.6) is 17.2 Å². The van der Waals surface area contributed by atoms with E-state index >= 15 is 0 Å². The summed E-state index contributed by atoms with van der Waals surface area (Å²) in [6.45, 7) is 3.08. The summed E-state index contributed by atoms with van der Waals surface area (Å²) >= 11 is 0. The number of fused-ring (bicyclic) bond motifs is 1. The second-order valence-electron chi connectivity index (χ2n) is 11.1. The number of anilines is 2. The molecule has 44 heavy (non-hydrogen) atoms. The van der Waals surface area contributed by atoms with E-state index in [-0.39, 0.29) is 17.1 Å². The van der Waals surface area contributed by atoms with Gasteiger partial charge in [-0.3, -0.25) is 9.59 Å². The van der Waals surface area contributed by atoms with E-state index < -0.39 is 0 Å². The zero-order valence-electron chi connectivity index (χ0n) is 24.8. The van der Waals surface area contributed by atoms with E-state index in [9.17, 15) is 9.59 Å². The topological polar surface area (TPSA) is 103 Å². The minimum absolute atomic E-state index is 0.255. The quantitative estimate of drug-likeness (QED) is 0.231. The maximum atomic E-state index is 12.9. The molecule has 9 heteroatoms. The molecule has 1 saturated heterocycles. The van der Waals surface area contributed by atoms with Crippen LogP contribution in [0.15, 0.2) is 85.2 Å². The molecule has 9 nitrogen and oxygen atoms in total. The van der Waals surface area contributed by atoms with Crippen molar-refractivity contribution in [2.24, 2.45) is 5.92 Å². The molecule has 6 rings (SSSR count). The highest BCUT2D eigenvalue weighted by Gasteiger charge is 2.21. The molecule has 2 heterocycles. The average molecular weight is 591 g/mol. The molecule has 3 aromatic carbocycles. The van der Waals surface area contributed by atoms with Gasteiger partial charge in [0.2, 0.25) is 0 Å². The fourth-order valence-electron chi connectivity index (χ4n) is 5.41. The Bertz CT molecular complexity index is 1740. The summed E-state index contributed by atoms with van der Waals surface area (Å²) in [5.74, 6) is 2.26. The number of nitrogens with zero attached hydrogens (tertiary/aromatic N) is 3. The largest absolute Gasteiger partial charge is 0.493 e. The number of ketones is 2. The van der Waals surface area contributed by atoms with Crippen LogP contribution < -0.4 is 19.5 Å². The molecule has 224 valence electrons. The van der Waals surface area contributed by atoms with Crippen molar-refractivity contribution in [2.75, 3.05) is 39.2 Å². The number of nitrogens with one attached hydrogen (secondary N) is 1. The van der Waals surface area contributed by atoms with Gasteiger partial charge in [-0.1, -0.05) is 30.3 Å². The molecule has 1 aliphatic carbocycles. The summed E-state index contributed by atoms with van der Waals surface area (Å²) in [6.07, 6.45) is 7.60. The monoisotopic (exact) mass is 590 g/mol. The van der Waals surface area contributed by atoms with Gasteiger partial charge in [-0.25, -0.2) is 9.97 Å². The molecule has 2 aliphatic rings. The summed E-state index contributed by atoms with van der Waals surface area (Å²) < 4.78 is 18.1. The number of allylic oxidation sites excluding steroid dienone is 4. The van der Waals surface area contributed by atoms with Gasteiger partial charge >= 0.3 is 0 Å². The van der Waals surface area contributed by atoms with Crippen molar-refractivity contribution in [3.63, 3.8) is 0 Å². The Kier molecular flexibility index (Phi) is 8.65. The third-order valence-electron chi connectivity index (χ3n) is 7.95. The van der Waals surface area contributed by atoms with Gasteiger partial charge < -0.3 is 24.4 Å². The highest BCUT2D eigenvalue weighted by atomic mass is 16.5. The maximum Gasteiger partial charge on any atom is 0.186 e. The van der Waals surface area contributed by atoms with Gasteiger partial charge in [0.25, 0.3) is 0 Å². The molecule has 0 saturated carbocycles. The van der Waals surface area contributed by atoms with Crippen molar-refractivity contribution >= 4 is 39.5 Å². The molecule has 0 radical (unpaired) electrons. The minimum atomic E-state index is -0.267. The standard InChI is InChI=1S/C35H34N4O5/c1-39-14-12-24(13-15-39)21-44-34-19-30-29(18-33(34)42-2)35(37-22-36-30)38-25-8-11-32(43-20-23-6-4-3-5-7-23)28(16-25)27-17-26(40)9-10-31(27)41/h3-11,16-19,22,24H,12-15,20-21H2,1-2H3,(H,36,37,38). The lowest BCUT2D eigenvalue weighted by Crippen LogP contribution is -2.32. The first-order chi connectivity index (χ1) is 21.5. The second kappa shape index (κ2) is 13.1. The van der Waals surface area contributed by atoms with E-state index in [0.717, 1.165) is 36.9 Å². The van der Waals surface area contributed by atoms with E-state index in [4.69, 9.17) is 14.2 Å². The first-order valence-corrected chi connectivity index (χ1v) is 14.7. The second-order valence-corrected chi connectivity index (χ2v) is 11.1. The number of likely N-dealkylation sites (tertiary alicyclic amines) is 1. The number of benzene rings is 3. The van der Waals surface area contributed by atoms with Gasteiger partial charge in [-0.05, 0) is 87.0 Å². The number of aromatic nitrogens is 2. The molecule has 1 aromatic heterocycles. The van der Waals surface area contributed by atoms with Crippen LogP contribution in [-0.4, -0.2) is 60.3 Å². The summed E-state index contributed by atoms with van der Waals surface area (Å²) in [5.41, 5.74) is 3.12. The summed E-state index contributed by atoms with van der Waals surface area (Å²) in [6, 6.07) is 18.9. The van der Waals surface area contributed by atoms with Crippen molar-refractivity contribution in [3.8, 4) is 17.2 Å². The van der Waals surface area contributed by atoms with Crippen LogP contribution in [0.4, 0.5) is 11.5 Å². The molecule has 0 unspecified atom stereocenters. The van der Waals surface area contributed by atoms with Crippen molar-refractivity contribution in [1.82, 2.24) is 14.9 Å². The van der Waals surface area contributed by atoms with Crippen LogP contribution in [0.1, 0.15) is 24.0 Å². The van der Waals surface area contributed by atoms with Crippen molar-refractivity contribution < 1.29 is 23.8 Å². The number of rotatable bonds is 10. The molecule has 0 spiro atoms. The van der Waals surface area contributed by atoms with Crippen LogP contribution in [0, 0.1) is 5.92 Å². The molecule has 1 aliphatic heterocycles. The molecule has 0 amide bonds. The van der Waals surface area contributed by atoms with Gasteiger partial charge in [-0.2, -0.15) is 0 Å². The lowest BCUT2D eigenvalue weighted by molar-refractivity contribution is -0.113. The molecule has 0 bridgehead atoms. The van der Waals surface area contributed by atoms with Gasteiger partial charge in [0.05, 0.1) is 19.2 Å². The number of ether oxygens (including phenoxy) is 3. The van der Waals surface area contributed by atoms with E-state index in [0.29, 0.717) is 59.0 Å². The zero-order valence-corrected chi connectivity index (χ0v) is 24.8. The van der Waals surface area contributed by atoms with Gasteiger partial charge in [0.1, 0.15) is 24.5 Å². The highest BCUT2D eigenvalue weighted by molar-refractivity contribution is 6.34. The number of carbonyl (C=O) groups excluding carboxylic acids is 2. The highest BCUT2D eigenvalue weighted by Crippen LogP contribution is 2.37. The SMILES string of the molecule is COc1cc2c(Nc3ccc(OCc4ccccc4)c(C4=CC(=O)C=CC4=O)c3)ncnc2cc1OCC1CCN(C)CC1. The number of methoxy groups -OCH3 is 1. The van der Waals surface area contributed by atoms with Gasteiger partial charge in [-0.15, -0.1) is 0 Å². The Morgan fingerprint density at radius 1 is 0.909 bits per heavy atom. The smallest absolute Gasteiger partial charge is 0.186 e. The summed E-state index contributed by atoms with van der Waals surface area (Å²) in [5, 5.41) is 4.11. The van der Waals surface area contributed by atoms with E-state index in [1.54, 1.807) is 19.2 Å². The Balaban J connectivity index is 1.28. The summed E-state index contributed by atoms with van der Waals surface area (Å²) in [7, 11) is 3.76. The fraction of sp³-hybridized carbons (Fsp3) is 0.257. The number of piperidine rings is 1. The summed E-state index contributed by atoms with van der Waals surface area (Å²) in [4.78, 5) is 36.4. The van der Waals surface area contributed by atoms with E-state index in [1.807, 2.05) is 48.5 Å². The fourth-order valence-corrected chi connectivity index (χ4v) is 5.41. The third kappa shape index (κ3) is 6.63. The van der Waals surface area contributed by atoms with Crippen LogP contribution in [-0.2, 0) is 16.2 Å². The van der Waals surface area contributed by atoms with Gasteiger partial charge in [0.15, 0.2) is 23.1 Å². The third-order valence-corrected chi connectivity index (χ3v) is 7.95. The number of carbonyl (C=O) groups is 2. The van der Waals surface area contributed by atoms with Crippen molar-refractivity contribution in [3.05, 3.63) is 96.3 Å². The maximum absolute atomic E-state index is 12.9. The molecular weight excluding hydrogens is 556 g/mol. The first-order valence-electron chi connectivity index (χ1n) is 14.7. The molecule has 4 aromatic rings. The lowest BCUT2D eigenvalue weighted by Gasteiger charge is -2.28. The van der Waals surface area contributed by atoms with Crippen molar-refractivity contribution in [2.45, 2.75) is 19.4 Å². The predicted molar refractivity (Wildman–Crippen MR) is 169 cm³/mol. The van der Waals surface area contributed by atoms with E-state index in [2.05, 4.69) is 27.2 Å². The Hall–Kier alpha value is -5.02. The van der Waals surface area contributed by atoms with Crippen molar-refractivity contribution in [1.29, 1.82) is 0 Å². The molecular formula is C35H34N4O5. The molecule has 1 N–H and O–H groups in total. The van der Waals surface area contributed by atoms with Gasteiger partial charge in [0, 0.05) is 28.3 Å². The van der Waals surface area contributed by atoms with Crippen LogP contribution >= 0.6 is 0 Å². The molecule has 1 fully saturated rings. The van der Waals surface area contributed by atoms with Crippen LogP contribution in [0.3, 0.4) is 0 Å². The predicted octanol–water partition coefficient (Wildman–Crippen LogP) is 5.77. The Morgan fingerprint density at radius 3 is 2.52 bits per heavy atom. The van der Waals surface area contributed by atoms with E-state index in [1.165, 1.54) is 24.6 Å². The van der Waals surface area contributed by atoms with Crippen LogP contribution in [0.2, 0.25) is 0 Å². The zero-order chi connectivity index (χ0) is 30.5. The van der Waals surface area contributed by atoms with Crippen LogP contribution in [0.25, 0.3) is 16.5 Å². The number of hydrogen-bond donors (Lipinski definition) is 1.